The van der Waals surface area contributed by atoms with E-state index in [1.54, 1.807) is 11.5 Å². The number of esters is 4. The lowest BCUT2D eigenvalue weighted by molar-refractivity contribution is -0.178. The molecule has 0 aromatic carbocycles. The molecular formula is C20H21ClO13. The van der Waals surface area contributed by atoms with Gasteiger partial charge in [-0.3, -0.25) is 33.6 Å². The van der Waals surface area contributed by atoms with Gasteiger partial charge in [0, 0.05) is 12.3 Å². The van der Waals surface area contributed by atoms with Gasteiger partial charge in [-0.1, -0.05) is 13.8 Å². The molecule has 1 rings (SSSR count). The zero-order chi connectivity index (χ0) is 26.3. The van der Waals surface area contributed by atoms with Gasteiger partial charge in [0.25, 0.3) is 0 Å². The fourth-order valence-electron chi connectivity index (χ4n) is 3.95. The summed E-state index contributed by atoms with van der Waals surface area (Å²) in [6.07, 6.45) is -0.109. The molecule has 0 radical (unpaired) electrons. The second kappa shape index (κ2) is 12.0. The van der Waals surface area contributed by atoms with Crippen LogP contribution >= 0.6 is 11.6 Å². The number of cyclic esters (lactones) is 2. The maximum Gasteiger partial charge on any atom is 0.327 e. The van der Waals surface area contributed by atoms with E-state index in [-0.39, 0.29) is 6.42 Å². The molecule has 0 aromatic heterocycles. The zero-order valence-corrected chi connectivity index (χ0v) is 18.8. The van der Waals surface area contributed by atoms with Crippen LogP contribution in [-0.2, 0) is 47.8 Å². The first-order valence-corrected chi connectivity index (χ1v) is 10.1. The quantitative estimate of drug-likeness (QED) is 0.147. The van der Waals surface area contributed by atoms with Gasteiger partial charge >= 0.3 is 41.8 Å². The van der Waals surface area contributed by atoms with Crippen LogP contribution in [0.4, 0.5) is 0 Å². The Bertz CT molecular complexity index is 946. The van der Waals surface area contributed by atoms with Gasteiger partial charge in [-0.2, -0.15) is 0 Å². The summed E-state index contributed by atoms with van der Waals surface area (Å²) in [6, 6.07) is 0. The van der Waals surface area contributed by atoms with Crippen molar-refractivity contribution >= 4 is 53.4 Å². The number of carboxylic acid groups (broad SMARTS) is 3. The van der Waals surface area contributed by atoms with Crippen molar-refractivity contribution in [1.82, 2.24) is 0 Å². The maximum absolute atomic E-state index is 12.7. The SMILES string of the molecule is CCC(OC(C)=O)C(C(=O)OC#CCl)C(C(=O)O)C(C(=O)O)C(C(=O)O)C1C(=O)OC(=O)C1C. The standard InChI is InChI=1S/C20H21ClO13/c1-4-9(33-8(3)22)11(19(30)32-6-5-21)13(16(25)26)14(17(27)28)12(15(23)24)10-7(2)18(29)34-20(10)31/h7,9-14H,4H2,1-3H3,(H,23,24)(H,25,26)(H,27,28). The summed E-state index contributed by atoms with van der Waals surface area (Å²) in [4.78, 5) is 84.9. The number of hydrogen-bond donors (Lipinski definition) is 3. The lowest BCUT2D eigenvalue weighted by Crippen LogP contribution is -2.51. The first-order valence-electron chi connectivity index (χ1n) is 9.72. The number of carbonyl (C=O) groups is 7. The Morgan fingerprint density at radius 1 is 1.00 bits per heavy atom. The minimum Gasteiger partial charge on any atom is -0.481 e. The molecule has 0 amide bonds. The molecule has 1 saturated heterocycles. The first-order chi connectivity index (χ1) is 15.8. The van der Waals surface area contributed by atoms with Crippen molar-refractivity contribution < 1.29 is 63.1 Å². The Labute approximate surface area is 197 Å². The summed E-state index contributed by atoms with van der Waals surface area (Å²) in [6.45, 7) is 3.42. The van der Waals surface area contributed by atoms with Gasteiger partial charge in [-0.05, 0) is 18.0 Å². The van der Waals surface area contributed by atoms with E-state index in [9.17, 15) is 48.9 Å². The molecule has 1 aliphatic rings. The van der Waals surface area contributed by atoms with Crippen molar-refractivity contribution in [2.45, 2.75) is 33.3 Å². The lowest BCUT2D eigenvalue weighted by atomic mass is 9.67. The second-order valence-electron chi connectivity index (χ2n) is 7.35. The molecule has 13 nitrogen and oxygen atoms in total. The summed E-state index contributed by atoms with van der Waals surface area (Å²) in [5, 5.41) is 31.3. The highest BCUT2D eigenvalue weighted by atomic mass is 35.5. The molecule has 0 spiro atoms. The third-order valence-electron chi connectivity index (χ3n) is 5.37. The van der Waals surface area contributed by atoms with Crippen molar-refractivity contribution in [2.75, 3.05) is 0 Å². The molecule has 7 unspecified atom stereocenters. The minimum absolute atomic E-state index is 0.220. The number of hydrogen-bond acceptors (Lipinski definition) is 10. The van der Waals surface area contributed by atoms with Crippen LogP contribution in [0.25, 0.3) is 0 Å². The van der Waals surface area contributed by atoms with Crippen LogP contribution in [0, 0.1) is 47.0 Å². The molecule has 3 N–H and O–H groups in total. The van der Waals surface area contributed by atoms with Crippen LogP contribution in [0.5, 0.6) is 0 Å². The van der Waals surface area contributed by atoms with Crippen LogP contribution < -0.4 is 0 Å². The Kier molecular flexibility index (Phi) is 10.0. The number of rotatable bonds is 11. The highest BCUT2D eigenvalue weighted by molar-refractivity contribution is 6.30. The number of carbonyl (C=O) groups excluding carboxylic acids is 4. The molecule has 1 aliphatic heterocycles. The summed E-state index contributed by atoms with van der Waals surface area (Å²) in [7, 11) is 0. The highest BCUT2D eigenvalue weighted by Crippen LogP contribution is 2.41. The van der Waals surface area contributed by atoms with E-state index in [1.165, 1.54) is 6.92 Å². The summed E-state index contributed by atoms with van der Waals surface area (Å²) >= 11 is 5.13. The molecule has 186 valence electrons. The first kappa shape index (κ1) is 28.4. The second-order valence-corrected chi connectivity index (χ2v) is 7.54. The van der Waals surface area contributed by atoms with E-state index in [1.807, 2.05) is 0 Å². The van der Waals surface area contributed by atoms with Crippen molar-refractivity contribution in [2.24, 2.45) is 35.5 Å². The Balaban J connectivity index is 3.79. The van der Waals surface area contributed by atoms with Crippen LogP contribution in [0.15, 0.2) is 0 Å². The van der Waals surface area contributed by atoms with Crippen LogP contribution in [0.1, 0.15) is 27.2 Å². The minimum atomic E-state index is -2.48. The monoisotopic (exact) mass is 504 g/mol. The molecule has 1 fully saturated rings. The number of aliphatic carboxylic acids is 3. The summed E-state index contributed by atoms with van der Waals surface area (Å²) < 4.78 is 13.9. The molecule has 0 bridgehead atoms. The van der Waals surface area contributed by atoms with Gasteiger partial charge in [0.2, 0.25) is 0 Å². The molecular weight excluding hydrogens is 484 g/mol. The fourth-order valence-corrected chi connectivity index (χ4v) is 3.99. The van der Waals surface area contributed by atoms with E-state index < -0.39 is 83.4 Å². The number of halogens is 1. The molecule has 1 heterocycles. The van der Waals surface area contributed by atoms with E-state index in [0.29, 0.717) is 0 Å². The van der Waals surface area contributed by atoms with E-state index >= 15 is 0 Å². The number of carboxylic acids is 3. The molecule has 0 aliphatic carbocycles. The van der Waals surface area contributed by atoms with E-state index in [4.69, 9.17) is 16.3 Å². The smallest absolute Gasteiger partial charge is 0.327 e. The van der Waals surface area contributed by atoms with Crippen LogP contribution in [-0.4, -0.2) is 63.2 Å². The van der Waals surface area contributed by atoms with Gasteiger partial charge in [-0.15, -0.1) is 0 Å². The van der Waals surface area contributed by atoms with Gasteiger partial charge < -0.3 is 29.5 Å². The van der Waals surface area contributed by atoms with Gasteiger partial charge in [0.15, 0.2) is 0 Å². The third-order valence-corrected chi connectivity index (χ3v) is 5.45. The average molecular weight is 505 g/mol. The van der Waals surface area contributed by atoms with Crippen molar-refractivity contribution in [3.8, 4) is 11.5 Å². The van der Waals surface area contributed by atoms with Crippen LogP contribution in [0.3, 0.4) is 0 Å². The van der Waals surface area contributed by atoms with Crippen LogP contribution in [0.2, 0.25) is 0 Å². The van der Waals surface area contributed by atoms with Crippen molar-refractivity contribution in [3.05, 3.63) is 0 Å². The molecule has 14 heteroatoms. The van der Waals surface area contributed by atoms with E-state index in [0.717, 1.165) is 13.8 Å². The van der Waals surface area contributed by atoms with Gasteiger partial charge in [0.05, 0.1) is 29.6 Å². The lowest BCUT2D eigenvalue weighted by Gasteiger charge is -2.34. The van der Waals surface area contributed by atoms with Gasteiger partial charge in [-0.25, -0.2) is 0 Å². The van der Waals surface area contributed by atoms with Crippen molar-refractivity contribution in [1.29, 1.82) is 0 Å². The molecule has 7 atom stereocenters. The summed E-state index contributed by atoms with van der Waals surface area (Å²) in [5.41, 5.74) is 0. The Morgan fingerprint density at radius 2 is 1.56 bits per heavy atom. The topological polar surface area (TPSA) is 208 Å². The zero-order valence-electron chi connectivity index (χ0n) is 18.1. The maximum atomic E-state index is 12.7. The normalized spacial score (nSPS) is 21.5. The largest absolute Gasteiger partial charge is 0.481 e. The Hall–Kier alpha value is -3.66. The predicted molar refractivity (Wildman–Crippen MR) is 106 cm³/mol. The summed E-state index contributed by atoms with van der Waals surface area (Å²) in [5.74, 6) is -23.4. The average Bonchev–Trinajstić information content (AvgIpc) is 2.98. The fraction of sp³-hybridized carbons (Fsp3) is 0.550. The van der Waals surface area contributed by atoms with E-state index in [2.05, 4.69) is 9.47 Å². The molecule has 0 saturated carbocycles. The predicted octanol–water partition coefficient (Wildman–Crippen LogP) is 0.0828. The highest BCUT2D eigenvalue weighted by Gasteiger charge is 2.59. The van der Waals surface area contributed by atoms with Crippen molar-refractivity contribution in [3.63, 3.8) is 0 Å². The number of ether oxygens (including phenoxy) is 3. The third kappa shape index (κ3) is 6.22. The molecule has 0 aromatic rings. The molecule has 34 heavy (non-hydrogen) atoms. The van der Waals surface area contributed by atoms with Gasteiger partial charge in [0.1, 0.15) is 18.1 Å². The Morgan fingerprint density at radius 3 is 1.91 bits per heavy atom.